The van der Waals surface area contributed by atoms with E-state index in [0.29, 0.717) is 12.3 Å². The zero-order valence-electron chi connectivity index (χ0n) is 10.5. The molecule has 1 aromatic carbocycles. The van der Waals surface area contributed by atoms with E-state index in [0.717, 1.165) is 5.82 Å². The van der Waals surface area contributed by atoms with Crippen LogP contribution in [0.1, 0.15) is 5.82 Å². The van der Waals surface area contributed by atoms with Crippen LogP contribution in [0.5, 0.6) is 5.75 Å². The van der Waals surface area contributed by atoms with Gasteiger partial charge in [0.2, 0.25) is 0 Å². The van der Waals surface area contributed by atoms with Gasteiger partial charge in [0.05, 0.1) is 6.54 Å². The first-order valence-electron chi connectivity index (χ1n) is 5.76. The quantitative estimate of drug-likeness (QED) is 0.883. The van der Waals surface area contributed by atoms with E-state index in [1.807, 2.05) is 11.6 Å². The number of hydrogen-bond donors (Lipinski definition) is 1. The number of halogens is 1. The Labute approximate surface area is 110 Å². The number of ether oxygens (including phenoxy) is 1. The second kappa shape index (κ2) is 5.99. The van der Waals surface area contributed by atoms with Gasteiger partial charge in [0.1, 0.15) is 17.4 Å². The van der Waals surface area contributed by atoms with Crippen molar-refractivity contribution in [3.8, 4) is 5.75 Å². The van der Waals surface area contributed by atoms with Crippen LogP contribution in [0.2, 0.25) is 0 Å². The Morgan fingerprint density at radius 3 is 3.05 bits per heavy atom. The lowest BCUT2D eigenvalue weighted by atomic mass is 10.3. The minimum Gasteiger partial charge on any atom is -0.484 e. The number of aryl methyl sites for hydroxylation is 1. The van der Waals surface area contributed by atoms with E-state index in [9.17, 15) is 9.18 Å². The van der Waals surface area contributed by atoms with Gasteiger partial charge < -0.3 is 14.6 Å². The topological polar surface area (TPSA) is 56.2 Å². The van der Waals surface area contributed by atoms with E-state index in [4.69, 9.17) is 4.74 Å². The van der Waals surface area contributed by atoms with Crippen molar-refractivity contribution in [2.45, 2.75) is 6.54 Å². The lowest BCUT2D eigenvalue weighted by Gasteiger charge is -2.07. The van der Waals surface area contributed by atoms with Gasteiger partial charge in [-0.3, -0.25) is 4.79 Å². The van der Waals surface area contributed by atoms with E-state index < -0.39 is 5.82 Å². The van der Waals surface area contributed by atoms with Crippen molar-refractivity contribution in [1.29, 1.82) is 0 Å². The smallest absolute Gasteiger partial charge is 0.258 e. The summed E-state index contributed by atoms with van der Waals surface area (Å²) in [6, 6.07) is 5.66. The number of hydrogen-bond acceptors (Lipinski definition) is 3. The Hall–Kier alpha value is -2.37. The summed E-state index contributed by atoms with van der Waals surface area (Å²) in [7, 11) is 1.84. The standard InChI is InChI=1S/C13H14FN3O2/c1-17-6-5-15-12(17)8-16-13(18)9-19-11-4-2-3-10(14)7-11/h2-7H,8-9H2,1H3,(H,16,18). The summed E-state index contributed by atoms with van der Waals surface area (Å²) in [5.74, 6) is 0.393. The van der Waals surface area contributed by atoms with Crippen LogP contribution < -0.4 is 10.1 Å². The van der Waals surface area contributed by atoms with Crippen LogP contribution in [0.4, 0.5) is 4.39 Å². The van der Waals surface area contributed by atoms with Crippen LogP contribution in [0, 0.1) is 5.82 Å². The maximum absolute atomic E-state index is 12.9. The van der Waals surface area contributed by atoms with Crippen molar-refractivity contribution in [2.75, 3.05) is 6.61 Å². The molecule has 0 aliphatic carbocycles. The average Bonchev–Trinajstić information content (AvgIpc) is 2.80. The summed E-state index contributed by atoms with van der Waals surface area (Å²) in [4.78, 5) is 15.6. The number of nitrogens with one attached hydrogen (secondary N) is 1. The molecule has 1 amide bonds. The number of amides is 1. The molecule has 0 spiro atoms. The van der Waals surface area contributed by atoms with Crippen molar-refractivity contribution in [1.82, 2.24) is 14.9 Å². The largest absolute Gasteiger partial charge is 0.484 e. The Morgan fingerprint density at radius 2 is 2.37 bits per heavy atom. The van der Waals surface area contributed by atoms with Gasteiger partial charge in [-0.25, -0.2) is 9.37 Å². The molecule has 6 heteroatoms. The van der Waals surface area contributed by atoms with Gasteiger partial charge in [-0.15, -0.1) is 0 Å². The Bertz CT molecular complexity index is 569. The molecule has 0 fully saturated rings. The number of imidazole rings is 1. The summed E-state index contributed by atoms with van der Waals surface area (Å²) in [6.07, 6.45) is 3.45. The molecule has 100 valence electrons. The molecule has 0 aliphatic heterocycles. The average molecular weight is 263 g/mol. The molecule has 0 saturated carbocycles. The highest BCUT2D eigenvalue weighted by atomic mass is 19.1. The van der Waals surface area contributed by atoms with Gasteiger partial charge in [0.15, 0.2) is 6.61 Å². The first-order valence-corrected chi connectivity index (χ1v) is 5.76. The molecule has 0 saturated heterocycles. The minimum atomic E-state index is -0.397. The maximum Gasteiger partial charge on any atom is 0.258 e. The summed E-state index contributed by atoms with van der Waals surface area (Å²) in [5.41, 5.74) is 0. The van der Waals surface area contributed by atoms with E-state index in [-0.39, 0.29) is 12.5 Å². The van der Waals surface area contributed by atoms with Crippen LogP contribution in [0.25, 0.3) is 0 Å². The molecular formula is C13H14FN3O2. The molecular weight excluding hydrogens is 249 g/mol. The van der Waals surface area contributed by atoms with Gasteiger partial charge in [-0.05, 0) is 12.1 Å². The number of benzene rings is 1. The Kier molecular flexibility index (Phi) is 4.12. The third-order valence-electron chi connectivity index (χ3n) is 2.53. The minimum absolute atomic E-state index is 0.159. The van der Waals surface area contributed by atoms with Crippen LogP contribution >= 0.6 is 0 Å². The van der Waals surface area contributed by atoms with Crippen LogP contribution in [-0.2, 0) is 18.4 Å². The molecule has 2 rings (SSSR count). The van der Waals surface area contributed by atoms with E-state index >= 15 is 0 Å². The summed E-state index contributed by atoms with van der Waals surface area (Å²) in [6.45, 7) is 0.169. The van der Waals surface area contributed by atoms with E-state index in [1.165, 1.54) is 18.2 Å². The molecule has 5 nitrogen and oxygen atoms in total. The number of carbonyl (C=O) groups is 1. The molecule has 0 radical (unpaired) electrons. The lowest BCUT2D eigenvalue weighted by Crippen LogP contribution is -2.29. The number of nitrogens with zero attached hydrogens (tertiary/aromatic N) is 2. The van der Waals surface area contributed by atoms with Gasteiger partial charge in [-0.1, -0.05) is 6.07 Å². The number of carbonyl (C=O) groups excluding carboxylic acids is 1. The molecule has 19 heavy (non-hydrogen) atoms. The Balaban J connectivity index is 1.77. The summed E-state index contributed by atoms with van der Waals surface area (Å²) < 4.78 is 19.9. The first-order chi connectivity index (χ1) is 9.15. The second-order valence-electron chi connectivity index (χ2n) is 3.98. The third-order valence-corrected chi connectivity index (χ3v) is 2.53. The molecule has 1 aromatic heterocycles. The number of rotatable bonds is 5. The lowest BCUT2D eigenvalue weighted by molar-refractivity contribution is -0.123. The van der Waals surface area contributed by atoms with Gasteiger partial charge in [0, 0.05) is 25.5 Å². The third kappa shape index (κ3) is 3.80. The van der Waals surface area contributed by atoms with Gasteiger partial charge in [-0.2, -0.15) is 0 Å². The summed E-state index contributed by atoms with van der Waals surface area (Å²) >= 11 is 0. The molecule has 0 aliphatic rings. The zero-order chi connectivity index (χ0) is 13.7. The monoisotopic (exact) mass is 263 g/mol. The van der Waals surface area contributed by atoms with Crippen LogP contribution in [0.3, 0.4) is 0 Å². The van der Waals surface area contributed by atoms with Crippen molar-refractivity contribution in [3.05, 3.63) is 48.3 Å². The normalized spacial score (nSPS) is 10.2. The predicted molar refractivity (Wildman–Crippen MR) is 66.9 cm³/mol. The maximum atomic E-state index is 12.9. The van der Waals surface area contributed by atoms with Crippen LogP contribution in [-0.4, -0.2) is 22.1 Å². The molecule has 1 heterocycles. The fourth-order valence-electron chi connectivity index (χ4n) is 1.50. The van der Waals surface area contributed by atoms with E-state index in [2.05, 4.69) is 10.3 Å². The highest BCUT2D eigenvalue weighted by Crippen LogP contribution is 2.11. The van der Waals surface area contributed by atoms with Gasteiger partial charge >= 0.3 is 0 Å². The fraction of sp³-hybridized carbons (Fsp3) is 0.231. The van der Waals surface area contributed by atoms with Crippen molar-refractivity contribution in [2.24, 2.45) is 7.05 Å². The zero-order valence-corrected chi connectivity index (χ0v) is 10.5. The van der Waals surface area contributed by atoms with Crippen molar-refractivity contribution in [3.63, 3.8) is 0 Å². The predicted octanol–water partition coefficient (Wildman–Crippen LogP) is 1.25. The highest BCUT2D eigenvalue weighted by Gasteiger charge is 2.05. The highest BCUT2D eigenvalue weighted by molar-refractivity contribution is 5.77. The SMILES string of the molecule is Cn1ccnc1CNC(=O)COc1cccc(F)c1. The molecule has 0 bridgehead atoms. The molecule has 0 atom stereocenters. The van der Waals surface area contributed by atoms with Gasteiger partial charge in [0.25, 0.3) is 5.91 Å². The fourth-order valence-corrected chi connectivity index (χ4v) is 1.50. The molecule has 0 unspecified atom stereocenters. The van der Waals surface area contributed by atoms with Crippen molar-refractivity contribution >= 4 is 5.91 Å². The molecule has 2 aromatic rings. The molecule has 1 N–H and O–H groups in total. The Morgan fingerprint density at radius 1 is 1.53 bits per heavy atom. The first kappa shape index (κ1) is 13.1. The summed E-state index contributed by atoms with van der Waals surface area (Å²) in [5, 5.41) is 2.67. The number of aromatic nitrogens is 2. The second-order valence-corrected chi connectivity index (χ2v) is 3.98. The van der Waals surface area contributed by atoms with Crippen LogP contribution in [0.15, 0.2) is 36.7 Å². The van der Waals surface area contributed by atoms with E-state index in [1.54, 1.807) is 18.5 Å². The van der Waals surface area contributed by atoms with Crippen molar-refractivity contribution < 1.29 is 13.9 Å².